The summed E-state index contributed by atoms with van der Waals surface area (Å²) >= 11 is 0. The number of aryl methyl sites for hydroxylation is 1. The normalized spacial score (nSPS) is 12.8. The number of halogens is 1. The lowest BCUT2D eigenvalue weighted by molar-refractivity contribution is 0.0692. The van der Waals surface area contributed by atoms with Gasteiger partial charge in [0.15, 0.2) is 17.1 Å². The van der Waals surface area contributed by atoms with E-state index in [0.717, 1.165) is 0 Å². The summed E-state index contributed by atoms with van der Waals surface area (Å²) in [6, 6.07) is 10.7. The monoisotopic (exact) mass is 417 g/mol. The Morgan fingerprint density at radius 2 is 1.97 bits per heavy atom. The molecule has 2 aromatic heterocycles. The molecule has 0 spiro atoms. The van der Waals surface area contributed by atoms with E-state index in [4.69, 9.17) is 4.42 Å². The number of oxazole rings is 1. The number of nitrogens with zero attached hydrogens (tertiary/aromatic N) is 3. The second-order valence-corrected chi connectivity index (χ2v) is 7.02. The number of carbonyl (C=O) groups is 1. The van der Waals surface area contributed by atoms with E-state index < -0.39 is 17.4 Å². The maximum atomic E-state index is 14.3. The van der Waals surface area contributed by atoms with Crippen LogP contribution in [-0.2, 0) is 5.60 Å². The van der Waals surface area contributed by atoms with Gasteiger partial charge >= 0.3 is 5.97 Å². The maximum Gasteiger partial charge on any atom is 0.355 e. The first kappa shape index (κ1) is 20.2. The highest BCUT2D eigenvalue weighted by atomic mass is 19.1. The minimum atomic E-state index is -1.61. The Morgan fingerprint density at radius 1 is 1.19 bits per heavy atom. The van der Waals surface area contributed by atoms with Crippen molar-refractivity contribution in [1.82, 2.24) is 15.0 Å². The van der Waals surface area contributed by atoms with Crippen LogP contribution in [0.4, 0.5) is 4.39 Å². The molecule has 1 unspecified atom stereocenters. The van der Waals surface area contributed by atoms with Crippen molar-refractivity contribution in [3.63, 3.8) is 0 Å². The van der Waals surface area contributed by atoms with Gasteiger partial charge in [-0.1, -0.05) is 36.1 Å². The molecule has 0 aliphatic carbocycles. The lowest BCUT2D eigenvalue weighted by atomic mass is 10.1. The van der Waals surface area contributed by atoms with Gasteiger partial charge in [0.25, 0.3) is 0 Å². The number of hydrogen-bond acceptors (Lipinski definition) is 6. The summed E-state index contributed by atoms with van der Waals surface area (Å²) in [6.45, 7) is 3.17. The van der Waals surface area contributed by atoms with E-state index in [1.807, 2.05) is 0 Å². The van der Waals surface area contributed by atoms with Crippen molar-refractivity contribution in [3.8, 4) is 23.2 Å². The molecule has 0 amide bonds. The zero-order chi connectivity index (χ0) is 22.2. The Kier molecular flexibility index (Phi) is 4.97. The molecule has 0 bridgehead atoms. The second-order valence-electron chi connectivity index (χ2n) is 7.02. The molecular formula is C23H16FN3O4. The van der Waals surface area contributed by atoms with E-state index in [2.05, 4.69) is 26.8 Å². The number of fused-ring (bicyclic) bond motifs is 1. The average molecular weight is 417 g/mol. The molecule has 0 aliphatic rings. The Hall–Kier alpha value is -4.09. The third kappa shape index (κ3) is 3.99. The molecule has 31 heavy (non-hydrogen) atoms. The van der Waals surface area contributed by atoms with Gasteiger partial charge in [-0.25, -0.2) is 24.1 Å². The van der Waals surface area contributed by atoms with Crippen LogP contribution in [0.2, 0.25) is 0 Å². The van der Waals surface area contributed by atoms with Gasteiger partial charge in [-0.15, -0.1) is 0 Å². The van der Waals surface area contributed by atoms with Gasteiger partial charge in [0.05, 0.1) is 6.20 Å². The van der Waals surface area contributed by atoms with Crippen molar-refractivity contribution in [2.75, 3.05) is 0 Å². The quantitative estimate of drug-likeness (QED) is 0.489. The second kappa shape index (κ2) is 7.63. The fourth-order valence-electron chi connectivity index (χ4n) is 2.97. The topological polar surface area (TPSA) is 109 Å². The van der Waals surface area contributed by atoms with E-state index in [9.17, 15) is 19.4 Å². The number of rotatable bonds is 3. The van der Waals surface area contributed by atoms with E-state index in [0.29, 0.717) is 16.9 Å². The number of hydrogen-bond donors (Lipinski definition) is 2. The number of carboxylic acids is 1. The fourth-order valence-corrected chi connectivity index (χ4v) is 2.97. The summed E-state index contributed by atoms with van der Waals surface area (Å²) in [7, 11) is 0. The molecular weight excluding hydrogens is 401 g/mol. The number of para-hydroxylation sites is 1. The van der Waals surface area contributed by atoms with E-state index in [1.165, 1.54) is 31.3 Å². The molecule has 4 aromatic rings. The molecule has 154 valence electrons. The highest BCUT2D eigenvalue weighted by Crippen LogP contribution is 2.25. The van der Waals surface area contributed by atoms with Crippen LogP contribution in [0.5, 0.6) is 0 Å². The molecule has 2 aromatic carbocycles. The van der Waals surface area contributed by atoms with Gasteiger partial charge in [-0.2, -0.15) is 0 Å². The molecule has 0 radical (unpaired) electrons. The van der Waals surface area contributed by atoms with Crippen LogP contribution in [0.3, 0.4) is 0 Å². The van der Waals surface area contributed by atoms with Crippen LogP contribution in [-0.4, -0.2) is 31.1 Å². The number of aromatic carboxylic acids is 1. The summed E-state index contributed by atoms with van der Waals surface area (Å²) in [5, 5.41) is 20.2. The van der Waals surface area contributed by atoms with Gasteiger partial charge in [-0.05, 0) is 32.0 Å². The first-order valence-corrected chi connectivity index (χ1v) is 9.23. The predicted molar refractivity (Wildman–Crippen MR) is 110 cm³/mol. The molecule has 0 fully saturated rings. The zero-order valence-electron chi connectivity index (χ0n) is 16.5. The van der Waals surface area contributed by atoms with Crippen molar-refractivity contribution in [2.45, 2.75) is 19.4 Å². The maximum absolute atomic E-state index is 14.3. The van der Waals surface area contributed by atoms with E-state index in [-0.39, 0.29) is 28.3 Å². The molecule has 8 heteroatoms. The zero-order valence-corrected chi connectivity index (χ0v) is 16.5. The number of aliphatic hydroxyl groups is 1. The van der Waals surface area contributed by atoms with Crippen molar-refractivity contribution >= 4 is 16.9 Å². The highest BCUT2D eigenvalue weighted by molar-refractivity contribution is 6.01. The van der Waals surface area contributed by atoms with Crippen molar-refractivity contribution in [2.24, 2.45) is 0 Å². The Balaban J connectivity index is 1.77. The minimum absolute atomic E-state index is 0.0498. The van der Waals surface area contributed by atoms with Gasteiger partial charge in [-0.3, -0.25) is 0 Å². The molecule has 2 heterocycles. The highest BCUT2D eigenvalue weighted by Gasteiger charge is 2.26. The van der Waals surface area contributed by atoms with Crippen LogP contribution in [0.1, 0.15) is 34.6 Å². The molecule has 0 saturated carbocycles. The number of benzene rings is 2. The lowest BCUT2D eigenvalue weighted by Crippen LogP contribution is -2.18. The van der Waals surface area contributed by atoms with Crippen LogP contribution < -0.4 is 0 Å². The summed E-state index contributed by atoms with van der Waals surface area (Å²) in [4.78, 5) is 24.0. The predicted octanol–water partition coefficient (Wildman–Crippen LogP) is 3.69. The number of aromatic nitrogens is 3. The van der Waals surface area contributed by atoms with Crippen LogP contribution in [0.15, 0.2) is 53.1 Å². The lowest BCUT2D eigenvalue weighted by Gasteiger charge is -2.11. The standard InChI is InChI=1S/C23H16FN3O4/c1-13-12-25-22(31-13)23(2,30)10-9-14-5-3-6-15(11-14)20-26-18-16(7-4-8-17(18)24)19(27-20)21(28)29/h3-8,11-12,30H,1-2H3,(H,28,29). The van der Waals surface area contributed by atoms with Gasteiger partial charge < -0.3 is 14.6 Å². The van der Waals surface area contributed by atoms with Crippen molar-refractivity contribution < 1.29 is 23.8 Å². The molecule has 0 aliphatic heterocycles. The SMILES string of the molecule is Cc1cnc(C(C)(O)C#Cc2cccc(-c3nc(C(=O)O)c4cccc(F)c4n3)c2)o1. The Labute approximate surface area is 176 Å². The summed E-state index contributed by atoms with van der Waals surface area (Å²) < 4.78 is 19.6. The minimum Gasteiger partial charge on any atom is -0.476 e. The number of carboxylic acid groups (broad SMARTS) is 1. The summed E-state index contributed by atoms with van der Waals surface area (Å²) in [5.74, 6) is 4.30. The van der Waals surface area contributed by atoms with Crippen LogP contribution in [0, 0.1) is 24.6 Å². The molecule has 0 saturated heterocycles. The molecule has 4 rings (SSSR count). The summed E-state index contributed by atoms with van der Waals surface area (Å²) in [6.07, 6.45) is 1.49. The Morgan fingerprint density at radius 3 is 2.68 bits per heavy atom. The largest absolute Gasteiger partial charge is 0.476 e. The summed E-state index contributed by atoms with van der Waals surface area (Å²) in [5.41, 5.74) is -1.02. The third-order valence-corrected chi connectivity index (χ3v) is 4.49. The van der Waals surface area contributed by atoms with Crippen molar-refractivity contribution in [3.05, 3.63) is 77.4 Å². The average Bonchev–Trinajstić information content (AvgIpc) is 3.19. The van der Waals surface area contributed by atoms with E-state index >= 15 is 0 Å². The van der Waals surface area contributed by atoms with Crippen molar-refractivity contribution in [1.29, 1.82) is 0 Å². The van der Waals surface area contributed by atoms with Gasteiger partial charge in [0, 0.05) is 16.5 Å². The molecule has 1 atom stereocenters. The third-order valence-electron chi connectivity index (χ3n) is 4.49. The Bertz CT molecular complexity index is 1380. The first-order valence-electron chi connectivity index (χ1n) is 9.23. The first-order chi connectivity index (χ1) is 14.7. The molecule has 7 nitrogen and oxygen atoms in total. The van der Waals surface area contributed by atoms with Gasteiger partial charge in [0.2, 0.25) is 5.89 Å². The molecule has 2 N–H and O–H groups in total. The van der Waals surface area contributed by atoms with Gasteiger partial charge in [0.1, 0.15) is 17.1 Å². The van der Waals surface area contributed by atoms with E-state index in [1.54, 1.807) is 31.2 Å². The fraction of sp³-hybridized carbons (Fsp3) is 0.130. The van der Waals surface area contributed by atoms with Crippen LogP contribution in [0.25, 0.3) is 22.3 Å². The smallest absolute Gasteiger partial charge is 0.355 e. The van der Waals surface area contributed by atoms with Crippen LogP contribution >= 0.6 is 0 Å².